The first-order valence-electron chi connectivity index (χ1n) is 12.7. The van der Waals surface area contributed by atoms with Gasteiger partial charge in [-0.2, -0.15) is 4.31 Å². The number of fused-ring (bicyclic) bond motifs is 1. The van der Waals surface area contributed by atoms with E-state index in [1.165, 1.54) is 6.07 Å². The molecule has 5 rings (SSSR count). The Morgan fingerprint density at radius 2 is 1.68 bits per heavy atom. The molecule has 2 aliphatic heterocycles. The maximum absolute atomic E-state index is 14.4. The summed E-state index contributed by atoms with van der Waals surface area (Å²) in [5.41, 5.74) is 2.60. The highest BCUT2D eigenvalue weighted by molar-refractivity contribution is 7.89. The van der Waals surface area contributed by atoms with Crippen LogP contribution in [0.2, 0.25) is 0 Å². The number of benzene rings is 3. The second-order valence-corrected chi connectivity index (χ2v) is 11.8. The molecular weight excluding hydrogens is 494 g/mol. The molecule has 0 unspecified atom stereocenters. The lowest BCUT2D eigenvalue weighted by Crippen LogP contribution is -2.68. The van der Waals surface area contributed by atoms with E-state index in [1.54, 1.807) is 29.6 Å². The van der Waals surface area contributed by atoms with E-state index in [4.69, 9.17) is 4.74 Å². The van der Waals surface area contributed by atoms with Gasteiger partial charge in [0.15, 0.2) is 11.6 Å². The molecule has 196 valence electrons. The summed E-state index contributed by atoms with van der Waals surface area (Å²) in [5.74, 6) is -1.68. The number of methoxy groups -OCH3 is 1. The smallest absolute Gasteiger partial charge is 0.243 e. The highest BCUT2D eigenvalue weighted by Crippen LogP contribution is 2.43. The summed E-state index contributed by atoms with van der Waals surface area (Å²) in [7, 11) is -1.96. The van der Waals surface area contributed by atoms with Crippen molar-refractivity contribution in [3.05, 3.63) is 89.5 Å². The quantitative estimate of drug-likeness (QED) is 0.443. The number of ether oxygens (including phenoxy) is 1. The molecule has 0 radical (unpaired) electrons. The van der Waals surface area contributed by atoms with E-state index < -0.39 is 21.7 Å². The number of hydrogen-bond acceptors (Lipinski definition) is 4. The van der Waals surface area contributed by atoms with E-state index in [0.717, 1.165) is 36.6 Å². The lowest BCUT2D eigenvalue weighted by molar-refractivity contribution is -0.0635. The molecule has 8 heteroatoms. The predicted octanol–water partition coefficient (Wildman–Crippen LogP) is 5.21. The third-order valence-electron chi connectivity index (χ3n) is 7.75. The van der Waals surface area contributed by atoms with Gasteiger partial charge in [0.2, 0.25) is 10.0 Å². The zero-order valence-electron chi connectivity index (χ0n) is 21.1. The van der Waals surface area contributed by atoms with Gasteiger partial charge in [0, 0.05) is 43.8 Å². The van der Waals surface area contributed by atoms with E-state index in [0.29, 0.717) is 30.2 Å². The molecule has 0 spiro atoms. The topological polar surface area (TPSA) is 49.9 Å². The molecule has 0 aliphatic carbocycles. The summed E-state index contributed by atoms with van der Waals surface area (Å²) in [5, 5.41) is 0. The Kier molecular flexibility index (Phi) is 7.45. The van der Waals surface area contributed by atoms with Crippen molar-refractivity contribution in [1.29, 1.82) is 0 Å². The Morgan fingerprint density at radius 1 is 0.946 bits per heavy atom. The van der Waals surface area contributed by atoms with E-state index >= 15 is 0 Å². The van der Waals surface area contributed by atoms with Crippen LogP contribution >= 0.6 is 0 Å². The van der Waals surface area contributed by atoms with Crippen LogP contribution in [0, 0.1) is 18.6 Å². The maximum Gasteiger partial charge on any atom is 0.243 e. The number of aryl methyl sites for hydroxylation is 1. The van der Waals surface area contributed by atoms with Crippen molar-refractivity contribution in [3.8, 4) is 11.1 Å². The fourth-order valence-corrected chi connectivity index (χ4v) is 7.60. The van der Waals surface area contributed by atoms with E-state index in [1.807, 2.05) is 43.3 Å². The van der Waals surface area contributed by atoms with Gasteiger partial charge >= 0.3 is 0 Å². The van der Waals surface area contributed by atoms with Crippen LogP contribution in [0.3, 0.4) is 0 Å². The minimum absolute atomic E-state index is 0.00370. The SMILES string of the molecule is COC[C@@H]1[C@@H](c2ccc(-c3cccc(F)c3F)cc2)[C@@H]2CN(S(=O)(=O)c3ccccc3C)CCCCN12. The van der Waals surface area contributed by atoms with Gasteiger partial charge in [0.05, 0.1) is 11.5 Å². The van der Waals surface area contributed by atoms with Crippen LogP contribution in [0.15, 0.2) is 71.6 Å². The van der Waals surface area contributed by atoms with Crippen LogP contribution in [0.4, 0.5) is 8.78 Å². The molecule has 0 bridgehead atoms. The van der Waals surface area contributed by atoms with Crippen molar-refractivity contribution >= 4 is 10.0 Å². The number of hydrogen-bond donors (Lipinski definition) is 0. The van der Waals surface area contributed by atoms with Gasteiger partial charge in [0.1, 0.15) is 0 Å². The Hall–Kier alpha value is -2.65. The average molecular weight is 527 g/mol. The summed E-state index contributed by atoms with van der Waals surface area (Å²) in [6, 6.07) is 18.9. The lowest BCUT2D eigenvalue weighted by atomic mass is 9.74. The molecule has 2 heterocycles. The lowest BCUT2D eigenvalue weighted by Gasteiger charge is -2.57. The standard InChI is InChI=1S/C29H32F2N2O3S/c1-20-8-3-4-11-27(20)37(34,35)32-16-5-6-17-33-25(18-32)28(26(33)19-36-2)22-14-12-21(13-15-22)23-9-7-10-24(30)29(23)31/h3-4,7-15,25-26,28H,5-6,16-19H2,1-2H3/t25-,26+,28-/m0/s1. The Labute approximate surface area is 217 Å². The zero-order chi connectivity index (χ0) is 26.2. The Balaban J connectivity index is 1.46. The molecule has 3 atom stereocenters. The minimum Gasteiger partial charge on any atom is -0.383 e. The summed E-state index contributed by atoms with van der Waals surface area (Å²) < 4.78 is 62.7. The molecule has 0 amide bonds. The maximum atomic E-state index is 14.4. The normalized spacial score (nSPS) is 23.1. The number of halogens is 2. The Morgan fingerprint density at radius 3 is 2.41 bits per heavy atom. The van der Waals surface area contributed by atoms with Gasteiger partial charge in [-0.1, -0.05) is 54.6 Å². The van der Waals surface area contributed by atoms with Crippen molar-refractivity contribution < 1.29 is 21.9 Å². The van der Waals surface area contributed by atoms with Crippen LogP contribution in [0.5, 0.6) is 0 Å². The van der Waals surface area contributed by atoms with Gasteiger partial charge in [0.25, 0.3) is 0 Å². The molecule has 0 saturated carbocycles. The van der Waals surface area contributed by atoms with Gasteiger partial charge in [-0.25, -0.2) is 17.2 Å². The molecule has 2 aliphatic rings. The summed E-state index contributed by atoms with van der Waals surface area (Å²) in [6.07, 6.45) is 1.70. The first-order valence-corrected chi connectivity index (χ1v) is 14.1. The molecule has 3 aromatic rings. The van der Waals surface area contributed by atoms with Crippen molar-refractivity contribution in [2.24, 2.45) is 0 Å². The third kappa shape index (κ3) is 4.83. The molecule has 3 aromatic carbocycles. The average Bonchev–Trinajstić information content (AvgIpc) is 2.87. The van der Waals surface area contributed by atoms with Crippen molar-refractivity contribution in [2.75, 3.05) is 33.4 Å². The van der Waals surface area contributed by atoms with E-state index in [2.05, 4.69) is 4.90 Å². The fourth-order valence-electron chi connectivity index (χ4n) is 5.88. The van der Waals surface area contributed by atoms with E-state index in [-0.39, 0.29) is 23.6 Å². The molecule has 0 aromatic heterocycles. The molecular formula is C29H32F2N2O3S. The predicted molar refractivity (Wildman–Crippen MR) is 140 cm³/mol. The van der Waals surface area contributed by atoms with Crippen molar-refractivity contribution in [3.63, 3.8) is 0 Å². The second-order valence-electron chi connectivity index (χ2n) is 9.91. The third-order valence-corrected chi connectivity index (χ3v) is 9.78. The molecule has 0 N–H and O–H groups in total. The van der Waals surface area contributed by atoms with Crippen molar-refractivity contribution in [1.82, 2.24) is 9.21 Å². The molecule has 2 fully saturated rings. The number of nitrogens with zero attached hydrogens (tertiary/aromatic N) is 2. The van der Waals surface area contributed by atoms with Crippen LogP contribution in [-0.4, -0.2) is 63.1 Å². The minimum atomic E-state index is -3.64. The van der Waals surface area contributed by atoms with Crippen molar-refractivity contribution in [2.45, 2.75) is 42.7 Å². The van der Waals surface area contributed by atoms with Gasteiger partial charge in [-0.05, 0) is 55.1 Å². The highest BCUT2D eigenvalue weighted by Gasteiger charge is 2.50. The van der Waals surface area contributed by atoms with Crippen LogP contribution in [0.1, 0.15) is 29.9 Å². The van der Waals surface area contributed by atoms with Crippen LogP contribution < -0.4 is 0 Å². The summed E-state index contributed by atoms with van der Waals surface area (Å²) in [4.78, 5) is 2.72. The van der Waals surface area contributed by atoms with Gasteiger partial charge in [-0.15, -0.1) is 0 Å². The molecule has 37 heavy (non-hydrogen) atoms. The van der Waals surface area contributed by atoms with Crippen LogP contribution in [-0.2, 0) is 14.8 Å². The first kappa shape index (κ1) is 26.0. The number of sulfonamides is 1. The molecule has 2 saturated heterocycles. The van der Waals surface area contributed by atoms with Gasteiger partial charge < -0.3 is 4.74 Å². The monoisotopic (exact) mass is 526 g/mol. The zero-order valence-corrected chi connectivity index (χ0v) is 21.9. The largest absolute Gasteiger partial charge is 0.383 e. The fraction of sp³-hybridized carbons (Fsp3) is 0.379. The highest BCUT2D eigenvalue weighted by atomic mass is 32.2. The summed E-state index contributed by atoms with van der Waals surface area (Å²) in [6.45, 7) is 4.13. The van der Waals surface area contributed by atoms with E-state index in [9.17, 15) is 17.2 Å². The first-order chi connectivity index (χ1) is 17.8. The second kappa shape index (κ2) is 10.6. The van der Waals surface area contributed by atoms with Crippen LogP contribution in [0.25, 0.3) is 11.1 Å². The van der Waals surface area contributed by atoms with Gasteiger partial charge in [-0.3, -0.25) is 4.90 Å². The Bertz CT molecular complexity index is 1360. The number of rotatable bonds is 6. The molecule has 5 nitrogen and oxygen atoms in total. The summed E-state index contributed by atoms with van der Waals surface area (Å²) >= 11 is 0.